The molecule has 3 aromatic rings. The Morgan fingerprint density at radius 1 is 1.08 bits per heavy atom. The quantitative estimate of drug-likeness (QED) is 0.727. The number of hydrogen-bond donors (Lipinski definition) is 2. The first-order valence-corrected chi connectivity index (χ1v) is 9.84. The van der Waals surface area contributed by atoms with E-state index in [1.165, 1.54) is 0 Å². The molecular weight excluding hydrogens is 336 g/mol. The van der Waals surface area contributed by atoms with E-state index in [1.54, 1.807) is 13.2 Å². The van der Waals surface area contributed by atoms with Gasteiger partial charge < -0.3 is 9.72 Å². The molecule has 0 radical (unpaired) electrons. The molecule has 2 aromatic carbocycles. The van der Waals surface area contributed by atoms with Crippen molar-refractivity contribution < 1.29 is 13.2 Å². The average Bonchev–Trinajstić information content (AvgIpc) is 2.99. The first-order valence-electron chi connectivity index (χ1n) is 7.95. The third kappa shape index (κ3) is 3.35. The second-order valence-electron chi connectivity index (χ2n) is 6.66. The summed E-state index contributed by atoms with van der Waals surface area (Å²) in [5.74, 6) is 0.818. The van der Waals surface area contributed by atoms with Gasteiger partial charge in [-0.05, 0) is 29.3 Å². The number of aromatic nitrogens is 1. The molecule has 0 saturated heterocycles. The van der Waals surface area contributed by atoms with Crippen molar-refractivity contribution in [2.45, 2.75) is 19.3 Å². The Kier molecular flexibility index (Phi) is 4.24. The van der Waals surface area contributed by atoms with Gasteiger partial charge in [0, 0.05) is 17.0 Å². The number of H-pyrrole nitrogens is 1. The van der Waals surface area contributed by atoms with Gasteiger partial charge in [0.2, 0.25) is 10.0 Å². The fourth-order valence-corrected chi connectivity index (χ4v) is 3.69. The minimum Gasteiger partial charge on any atom is -0.497 e. The van der Waals surface area contributed by atoms with Gasteiger partial charge in [-0.25, -0.2) is 8.42 Å². The molecule has 0 unspecified atom stereocenters. The lowest BCUT2D eigenvalue weighted by molar-refractivity contribution is 0.414. The zero-order chi connectivity index (χ0) is 18.2. The highest BCUT2D eigenvalue weighted by atomic mass is 32.2. The van der Waals surface area contributed by atoms with Gasteiger partial charge in [0.05, 0.1) is 24.6 Å². The van der Waals surface area contributed by atoms with E-state index in [9.17, 15) is 8.42 Å². The Morgan fingerprint density at radius 3 is 2.36 bits per heavy atom. The Bertz CT molecular complexity index is 1000. The highest BCUT2D eigenvalue weighted by molar-refractivity contribution is 7.92. The van der Waals surface area contributed by atoms with E-state index in [4.69, 9.17) is 4.74 Å². The van der Waals surface area contributed by atoms with Gasteiger partial charge in [-0.1, -0.05) is 38.1 Å². The predicted octanol–water partition coefficient (Wildman–Crippen LogP) is 3.87. The van der Waals surface area contributed by atoms with Crippen molar-refractivity contribution in [3.8, 4) is 5.75 Å². The summed E-state index contributed by atoms with van der Waals surface area (Å²) in [7, 11) is -1.69. The molecule has 0 spiro atoms. The van der Waals surface area contributed by atoms with E-state index >= 15 is 0 Å². The predicted molar refractivity (Wildman–Crippen MR) is 102 cm³/mol. The van der Waals surface area contributed by atoms with E-state index in [0.717, 1.165) is 34.0 Å². The molecule has 1 aromatic heterocycles. The lowest BCUT2D eigenvalue weighted by Gasteiger charge is -2.25. The van der Waals surface area contributed by atoms with Gasteiger partial charge in [-0.15, -0.1) is 0 Å². The molecule has 0 fully saturated rings. The summed E-state index contributed by atoms with van der Waals surface area (Å²) < 4.78 is 31.0. The standard InChI is InChI=1S/C19H22N2O3S/c1-19(2,13-8-10-14(24-3)11-9-13)16-12-20-18-15(16)6-5-7-17(18)21-25(4,22)23/h5-12,20-21H,1-4H3. The molecule has 3 rings (SSSR count). The van der Waals surface area contributed by atoms with Crippen molar-refractivity contribution in [3.63, 3.8) is 0 Å². The second-order valence-corrected chi connectivity index (χ2v) is 8.41. The van der Waals surface area contributed by atoms with E-state index in [2.05, 4.69) is 35.7 Å². The molecule has 6 heteroatoms. The fourth-order valence-electron chi connectivity index (χ4n) is 3.12. The number of rotatable bonds is 5. The van der Waals surface area contributed by atoms with E-state index < -0.39 is 10.0 Å². The van der Waals surface area contributed by atoms with Crippen molar-refractivity contribution in [3.05, 3.63) is 59.8 Å². The SMILES string of the molecule is COc1ccc(C(C)(C)c2c[nH]c3c(NS(C)(=O)=O)cccc23)cc1. The van der Waals surface area contributed by atoms with Crippen LogP contribution >= 0.6 is 0 Å². The molecular formula is C19H22N2O3S. The van der Waals surface area contributed by atoms with Crippen LogP contribution in [-0.2, 0) is 15.4 Å². The van der Waals surface area contributed by atoms with E-state index in [1.807, 2.05) is 30.5 Å². The zero-order valence-corrected chi connectivity index (χ0v) is 15.6. The normalized spacial score (nSPS) is 12.3. The third-order valence-corrected chi connectivity index (χ3v) is 5.09. The molecule has 0 bridgehead atoms. The highest BCUT2D eigenvalue weighted by Gasteiger charge is 2.27. The minimum atomic E-state index is -3.34. The first-order chi connectivity index (χ1) is 11.7. The molecule has 5 nitrogen and oxygen atoms in total. The molecule has 0 aliphatic rings. The summed E-state index contributed by atoms with van der Waals surface area (Å²) in [6.45, 7) is 4.29. The van der Waals surface area contributed by atoms with E-state index in [0.29, 0.717) is 5.69 Å². The highest BCUT2D eigenvalue weighted by Crippen LogP contribution is 2.38. The molecule has 0 atom stereocenters. The van der Waals surface area contributed by atoms with Crippen LogP contribution in [0.1, 0.15) is 25.0 Å². The van der Waals surface area contributed by atoms with Gasteiger partial charge >= 0.3 is 0 Å². The maximum absolute atomic E-state index is 11.6. The molecule has 0 aliphatic carbocycles. The molecule has 0 aliphatic heterocycles. The molecule has 1 heterocycles. The van der Waals surface area contributed by atoms with Crippen LogP contribution in [0.3, 0.4) is 0 Å². The fraction of sp³-hybridized carbons (Fsp3) is 0.263. The van der Waals surface area contributed by atoms with Crippen LogP contribution in [0, 0.1) is 0 Å². The largest absolute Gasteiger partial charge is 0.497 e. The minimum absolute atomic E-state index is 0.256. The number of hydrogen-bond acceptors (Lipinski definition) is 3. The Labute approximate surface area is 148 Å². The van der Waals surface area contributed by atoms with Gasteiger partial charge in [-0.2, -0.15) is 0 Å². The topological polar surface area (TPSA) is 71.2 Å². The van der Waals surface area contributed by atoms with Crippen molar-refractivity contribution in [1.29, 1.82) is 0 Å². The Morgan fingerprint density at radius 2 is 1.76 bits per heavy atom. The summed E-state index contributed by atoms with van der Waals surface area (Å²) >= 11 is 0. The smallest absolute Gasteiger partial charge is 0.229 e. The van der Waals surface area contributed by atoms with Crippen LogP contribution in [-0.4, -0.2) is 26.8 Å². The molecule has 25 heavy (non-hydrogen) atoms. The van der Waals surface area contributed by atoms with Crippen molar-refractivity contribution in [2.24, 2.45) is 0 Å². The van der Waals surface area contributed by atoms with Crippen LogP contribution < -0.4 is 9.46 Å². The first kappa shape index (κ1) is 17.4. The summed E-state index contributed by atoms with van der Waals surface area (Å²) in [4.78, 5) is 3.23. The van der Waals surface area contributed by atoms with Gasteiger partial charge in [0.1, 0.15) is 5.75 Å². The molecule has 132 valence electrons. The van der Waals surface area contributed by atoms with Gasteiger partial charge in [0.15, 0.2) is 0 Å². The second kappa shape index (κ2) is 6.11. The number of para-hydroxylation sites is 1. The van der Waals surface area contributed by atoms with Crippen LogP contribution in [0.25, 0.3) is 10.9 Å². The number of fused-ring (bicyclic) bond motifs is 1. The third-order valence-electron chi connectivity index (χ3n) is 4.50. The number of nitrogens with one attached hydrogen (secondary N) is 2. The number of methoxy groups -OCH3 is 1. The summed E-state index contributed by atoms with van der Waals surface area (Å²) in [6.07, 6.45) is 3.10. The van der Waals surface area contributed by atoms with Crippen LogP contribution in [0.4, 0.5) is 5.69 Å². The monoisotopic (exact) mass is 358 g/mol. The van der Waals surface area contributed by atoms with Crippen LogP contribution in [0.15, 0.2) is 48.7 Å². The maximum Gasteiger partial charge on any atom is 0.229 e. The number of sulfonamides is 1. The lowest BCUT2D eigenvalue weighted by Crippen LogP contribution is -2.18. The van der Waals surface area contributed by atoms with Gasteiger partial charge in [0.25, 0.3) is 0 Å². The average molecular weight is 358 g/mol. The zero-order valence-electron chi connectivity index (χ0n) is 14.8. The molecule has 0 saturated carbocycles. The van der Waals surface area contributed by atoms with Crippen LogP contribution in [0.2, 0.25) is 0 Å². The lowest BCUT2D eigenvalue weighted by atomic mass is 9.78. The number of benzene rings is 2. The Hall–Kier alpha value is -2.47. The van der Waals surface area contributed by atoms with Crippen molar-refractivity contribution >= 4 is 26.6 Å². The summed E-state index contributed by atoms with van der Waals surface area (Å²) in [6, 6.07) is 13.6. The van der Waals surface area contributed by atoms with Crippen LogP contribution in [0.5, 0.6) is 5.75 Å². The number of ether oxygens (including phenoxy) is 1. The van der Waals surface area contributed by atoms with Crippen molar-refractivity contribution in [2.75, 3.05) is 18.1 Å². The van der Waals surface area contributed by atoms with E-state index in [-0.39, 0.29) is 5.41 Å². The summed E-state index contributed by atoms with van der Waals surface area (Å²) in [5.41, 5.74) is 3.33. The number of anilines is 1. The Balaban J connectivity index is 2.10. The molecule has 0 amide bonds. The maximum atomic E-state index is 11.6. The van der Waals surface area contributed by atoms with Gasteiger partial charge in [-0.3, -0.25) is 4.72 Å². The number of aromatic amines is 1. The molecule has 2 N–H and O–H groups in total. The summed E-state index contributed by atoms with van der Waals surface area (Å²) in [5, 5.41) is 0.995. The van der Waals surface area contributed by atoms with Crippen molar-refractivity contribution in [1.82, 2.24) is 4.98 Å².